The molecule has 8 heteroatoms. The Morgan fingerprint density at radius 3 is 2.72 bits per heavy atom. The lowest BCUT2D eigenvalue weighted by Crippen LogP contribution is -2.37. The highest BCUT2D eigenvalue weighted by Crippen LogP contribution is 2.49. The minimum atomic E-state index is -4.42. The van der Waals surface area contributed by atoms with Crippen LogP contribution in [-0.4, -0.2) is 30.0 Å². The Morgan fingerprint density at radius 2 is 2.00 bits per heavy atom. The number of carbonyl (C=O) groups is 1. The van der Waals surface area contributed by atoms with E-state index in [1.165, 1.54) is 11.8 Å². The van der Waals surface area contributed by atoms with Crippen LogP contribution >= 0.6 is 11.6 Å². The number of alkyl halides is 3. The number of rotatable bonds is 5. The van der Waals surface area contributed by atoms with Crippen LogP contribution in [-0.2, 0) is 11.0 Å². The minimum Gasteiger partial charge on any atom is -0.368 e. The third kappa shape index (κ3) is 4.83. The van der Waals surface area contributed by atoms with Gasteiger partial charge in [0.1, 0.15) is 0 Å². The van der Waals surface area contributed by atoms with Crippen LogP contribution in [0.15, 0.2) is 42.7 Å². The van der Waals surface area contributed by atoms with Crippen LogP contribution in [0.2, 0.25) is 5.02 Å². The molecule has 1 aromatic carbocycles. The summed E-state index contributed by atoms with van der Waals surface area (Å²) in [6.07, 6.45) is -0.00289. The van der Waals surface area contributed by atoms with Crippen molar-refractivity contribution in [1.82, 2.24) is 10.3 Å². The van der Waals surface area contributed by atoms with Crippen LogP contribution in [0.5, 0.6) is 0 Å². The van der Waals surface area contributed by atoms with Gasteiger partial charge in [-0.3, -0.25) is 9.78 Å². The highest BCUT2D eigenvalue weighted by Gasteiger charge is 2.40. The molecule has 1 saturated heterocycles. The van der Waals surface area contributed by atoms with Crippen LogP contribution in [0.3, 0.4) is 0 Å². The molecule has 1 N–H and O–H groups in total. The Bertz CT molecular complexity index is 887. The fourth-order valence-corrected chi connectivity index (χ4v) is 4.11. The van der Waals surface area contributed by atoms with Gasteiger partial charge in [0.15, 0.2) is 0 Å². The van der Waals surface area contributed by atoms with Crippen LogP contribution in [0.4, 0.5) is 18.9 Å². The number of nitrogens with zero attached hydrogens (tertiary/aromatic N) is 2. The number of halogens is 4. The maximum Gasteiger partial charge on any atom is 0.417 e. The molecule has 0 radical (unpaired) electrons. The predicted molar refractivity (Wildman–Crippen MR) is 105 cm³/mol. The summed E-state index contributed by atoms with van der Waals surface area (Å²) < 4.78 is 38.6. The highest BCUT2D eigenvalue weighted by atomic mass is 35.5. The summed E-state index contributed by atoms with van der Waals surface area (Å²) in [6.45, 7) is 1.07. The van der Waals surface area contributed by atoms with Crippen molar-refractivity contribution >= 4 is 23.2 Å². The van der Waals surface area contributed by atoms with Gasteiger partial charge >= 0.3 is 6.18 Å². The quantitative estimate of drug-likeness (QED) is 0.761. The van der Waals surface area contributed by atoms with E-state index in [0.717, 1.165) is 18.7 Å². The van der Waals surface area contributed by atoms with E-state index in [4.69, 9.17) is 11.6 Å². The first kappa shape index (κ1) is 20.0. The smallest absolute Gasteiger partial charge is 0.368 e. The second-order valence-corrected chi connectivity index (χ2v) is 8.22. The Hall–Kier alpha value is -2.28. The highest BCUT2D eigenvalue weighted by molar-refractivity contribution is 6.30. The molecule has 4 nitrogen and oxygen atoms in total. The van der Waals surface area contributed by atoms with E-state index in [1.807, 2.05) is 29.2 Å². The number of benzene rings is 1. The van der Waals surface area contributed by atoms with Gasteiger partial charge in [0.25, 0.3) is 0 Å². The molecule has 29 heavy (non-hydrogen) atoms. The van der Waals surface area contributed by atoms with E-state index in [1.54, 1.807) is 0 Å². The average Bonchev–Trinajstić information content (AvgIpc) is 3.27. The first-order chi connectivity index (χ1) is 13.8. The van der Waals surface area contributed by atoms with Crippen molar-refractivity contribution in [3.63, 3.8) is 0 Å². The van der Waals surface area contributed by atoms with Crippen molar-refractivity contribution in [3.8, 4) is 0 Å². The summed E-state index contributed by atoms with van der Waals surface area (Å²) in [4.78, 5) is 17.9. The van der Waals surface area contributed by atoms with Crippen molar-refractivity contribution in [1.29, 1.82) is 0 Å². The molecule has 1 saturated carbocycles. The fourth-order valence-electron chi connectivity index (χ4n) is 3.98. The van der Waals surface area contributed by atoms with E-state index in [-0.39, 0.29) is 11.9 Å². The number of pyridine rings is 1. The number of hydrogen-bond acceptors (Lipinski definition) is 3. The molecule has 2 aromatic rings. The van der Waals surface area contributed by atoms with Gasteiger partial charge in [0, 0.05) is 36.8 Å². The molecule has 2 aliphatic rings. The molecule has 1 aliphatic carbocycles. The van der Waals surface area contributed by atoms with E-state index in [2.05, 4.69) is 10.3 Å². The molecular weight excluding hydrogens is 403 g/mol. The summed E-state index contributed by atoms with van der Waals surface area (Å²) in [6, 6.07) is 8.78. The minimum absolute atomic E-state index is 0.000445. The molecule has 3 atom stereocenters. The van der Waals surface area contributed by atoms with Gasteiger partial charge in [-0.25, -0.2) is 0 Å². The van der Waals surface area contributed by atoms with Gasteiger partial charge in [0.05, 0.1) is 17.4 Å². The van der Waals surface area contributed by atoms with E-state index < -0.39 is 11.7 Å². The molecular formula is C21H21ClF3N3O. The summed E-state index contributed by atoms with van der Waals surface area (Å²) in [5.41, 5.74) is 0.877. The van der Waals surface area contributed by atoms with E-state index in [0.29, 0.717) is 48.5 Å². The molecule has 0 bridgehead atoms. The molecule has 2 heterocycles. The third-order valence-corrected chi connectivity index (χ3v) is 5.89. The van der Waals surface area contributed by atoms with Crippen molar-refractivity contribution in [2.45, 2.75) is 37.4 Å². The monoisotopic (exact) mass is 423 g/mol. The number of amides is 1. The molecule has 154 valence electrons. The van der Waals surface area contributed by atoms with Gasteiger partial charge in [-0.1, -0.05) is 23.7 Å². The largest absolute Gasteiger partial charge is 0.417 e. The lowest BCUT2D eigenvalue weighted by molar-refractivity contribution is -0.137. The summed E-state index contributed by atoms with van der Waals surface area (Å²) in [7, 11) is 0. The molecule has 1 aromatic heterocycles. The van der Waals surface area contributed by atoms with Crippen molar-refractivity contribution in [2.75, 3.05) is 18.0 Å². The molecule has 0 spiro atoms. The van der Waals surface area contributed by atoms with Crippen LogP contribution < -0.4 is 10.2 Å². The third-order valence-electron chi connectivity index (χ3n) is 5.64. The van der Waals surface area contributed by atoms with Gasteiger partial charge < -0.3 is 10.2 Å². The Morgan fingerprint density at radius 1 is 1.24 bits per heavy atom. The number of carbonyl (C=O) groups excluding carboxylic acids is 1. The Balaban J connectivity index is 1.27. The fraction of sp³-hybridized carbons (Fsp3) is 0.429. The first-order valence-electron chi connectivity index (χ1n) is 9.61. The van der Waals surface area contributed by atoms with Gasteiger partial charge in [-0.2, -0.15) is 13.2 Å². The van der Waals surface area contributed by atoms with Gasteiger partial charge in [-0.15, -0.1) is 0 Å². The summed E-state index contributed by atoms with van der Waals surface area (Å²) in [5.74, 6) is 0.733. The normalized spacial score (nSPS) is 23.9. The molecule has 2 fully saturated rings. The van der Waals surface area contributed by atoms with Crippen molar-refractivity contribution in [3.05, 3.63) is 58.9 Å². The molecule has 4 rings (SSSR count). The zero-order valence-electron chi connectivity index (χ0n) is 15.6. The van der Waals surface area contributed by atoms with Gasteiger partial charge in [0.2, 0.25) is 5.91 Å². The number of aromatic nitrogens is 1. The Labute approximate surface area is 172 Å². The summed E-state index contributed by atoms with van der Waals surface area (Å²) >= 11 is 5.91. The summed E-state index contributed by atoms with van der Waals surface area (Å²) in [5, 5.41) is 3.73. The number of anilines is 1. The number of hydrogen-bond donors (Lipinski definition) is 1. The lowest BCUT2D eigenvalue weighted by atomic mass is 10.1. The number of nitrogens with one attached hydrogen (secondary N) is 1. The maximum atomic E-state index is 12.9. The average molecular weight is 424 g/mol. The van der Waals surface area contributed by atoms with Crippen LogP contribution in [0.25, 0.3) is 0 Å². The second-order valence-electron chi connectivity index (χ2n) is 7.79. The first-order valence-corrected chi connectivity index (χ1v) is 9.99. The van der Waals surface area contributed by atoms with E-state index in [9.17, 15) is 18.0 Å². The predicted octanol–water partition coefficient (Wildman–Crippen LogP) is 4.64. The maximum absolute atomic E-state index is 12.9. The van der Waals surface area contributed by atoms with E-state index >= 15 is 0 Å². The van der Waals surface area contributed by atoms with Gasteiger partial charge in [-0.05, 0) is 48.4 Å². The zero-order chi connectivity index (χ0) is 20.6. The second kappa shape index (κ2) is 7.86. The topological polar surface area (TPSA) is 45.2 Å². The molecule has 1 aliphatic heterocycles. The van der Waals surface area contributed by atoms with Crippen molar-refractivity contribution in [2.24, 2.45) is 5.92 Å². The SMILES string of the molecule is O=C(C[C@@H]1C[C@H]1c1ccc(Cl)cc1)N[C@@H]1CCN(c2cncc(C(F)(F)F)c2)C1. The van der Waals surface area contributed by atoms with Crippen LogP contribution in [0, 0.1) is 5.92 Å². The molecule has 1 amide bonds. The Kier molecular flexibility index (Phi) is 5.42. The van der Waals surface area contributed by atoms with Crippen LogP contribution in [0.1, 0.15) is 36.3 Å². The lowest BCUT2D eigenvalue weighted by Gasteiger charge is -2.20. The van der Waals surface area contributed by atoms with Crippen molar-refractivity contribution < 1.29 is 18.0 Å². The standard InChI is InChI=1S/C21H21ClF3N3O/c22-16-3-1-13(2-4-16)19-7-14(19)8-20(29)27-17-5-6-28(12-17)18-9-15(10-26-11-18)21(23,24)25/h1-4,9-11,14,17,19H,5-8,12H2,(H,27,29)/t14-,17+,19-/m0/s1. The molecule has 0 unspecified atom stereocenters. The zero-order valence-corrected chi connectivity index (χ0v) is 16.4.